The monoisotopic (exact) mass is 394 g/mol. The van der Waals surface area contributed by atoms with Crippen LogP contribution in [0, 0.1) is 6.92 Å². The lowest BCUT2D eigenvalue weighted by molar-refractivity contribution is -0.113. The summed E-state index contributed by atoms with van der Waals surface area (Å²) in [5.41, 5.74) is 7.52. The fraction of sp³-hybridized carbons (Fsp3) is 0.417. The first-order valence-corrected chi connectivity index (χ1v) is 8.23. The number of aryl methyl sites for hydroxylation is 1. The van der Waals surface area contributed by atoms with Crippen molar-refractivity contribution >= 4 is 55.2 Å². The summed E-state index contributed by atoms with van der Waals surface area (Å²) < 4.78 is 1.75. The average molecular weight is 396 g/mol. The van der Waals surface area contributed by atoms with Crippen molar-refractivity contribution in [3.8, 4) is 0 Å². The molecule has 0 aliphatic rings. The number of benzene rings is 1. The van der Waals surface area contributed by atoms with Gasteiger partial charge in [0.1, 0.15) is 0 Å². The molecule has 1 aromatic rings. The molecular weight excluding hydrogens is 380 g/mol. The highest BCUT2D eigenvalue weighted by molar-refractivity contribution is 9.11. The van der Waals surface area contributed by atoms with Crippen LogP contribution in [-0.4, -0.2) is 23.5 Å². The predicted molar refractivity (Wildman–Crippen MR) is 86.2 cm³/mol. The molecule has 100 valence electrons. The number of hydrogen-bond donors (Lipinski definition) is 2. The Balaban J connectivity index is 2.59. The van der Waals surface area contributed by atoms with Gasteiger partial charge in [0, 0.05) is 20.7 Å². The second kappa shape index (κ2) is 7.53. The minimum Gasteiger partial charge on any atom is -0.327 e. The van der Waals surface area contributed by atoms with Gasteiger partial charge in [-0.2, -0.15) is 11.8 Å². The molecule has 0 fully saturated rings. The highest BCUT2D eigenvalue weighted by Crippen LogP contribution is 2.32. The molecule has 0 bridgehead atoms. The number of nitrogens with two attached hydrogens (primary N) is 1. The standard InChI is InChI=1S/C12H16Br2N2OS/c1-7-3-9(13)12(10(14)4-7)16-11(17)6-18-5-8(2)15/h3-4,8H,5-6,15H2,1-2H3,(H,16,17). The fourth-order valence-electron chi connectivity index (χ4n) is 1.33. The Hall–Kier alpha value is -0.0400. The maximum atomic E-state index is 11.8. The van der Waals surface area contributed by atoms with Gasteiger partial charge in [-0.15, -0.1) is 0 Å². The minimum atomic E-state index is -0.0223. The first-order valence-electron chi connectivity index (χ1n) is 5.49. The Bertz CT molecular complexity index is 415. The third-order valence-electron chi connectivity index (χ3n) is 2.06. The third kappa shape index (κ3) is 5.30. The average Bonchev–Trinajstić information content (AvgIpc) is 2.22. The van der Waals surface area contributed by atoms with E-state index in [0.29, 0.717) is 5.75 Å². The van der Waals surface area contributed by atoms with Crippen molar-refractivity contribution in [1.29, 1.82) is 0 Å². The van der Waals surface area contributed by atoms with E-state index in [4.69, 9.17) is 5.73 Å². The summed E-state index contributed by atoms with van der Waals surface area (Å²) in [5.74, 6) is 1.17. The van der Waals surface area contributed by atoms with Gasteiger partial charge in [-0.25, -0.2) is 0 Å². The van der Waals surface area contributed by atoms with Crippen molar-refractivity contribution in [3.05, 3.63) is 26.6 Å². The third-order valence-corrected chi connectivity index (χ3v) is 4.54. The van der Waals surface area contributed by atoms with Gasteiger partial charge in [-0.1, -0.05) is 0 Å². The maximum Gasteiger partial charge on any atom is 0.234 e. The molecule has 3 N–H and O–H groups in total. The van der Waals surface area contributed by atoms with Crippen LogP contribution in [0.5, 0.6) is 0 Å². The van der Waals surface area contributed by atoms with Crippen LogP contribution in [0.25, 0.3) is 0 Å². The van der Waals surface area contributed by atoms with Crippen LogP contribution in [0.3, 0.4) is 0 Å². The number of anilines is 1. The summed E-state index contributed by atoms with van der Waals surface area (Å²) in [5, 5.41) is 2.89. The van der Waals surface area contributed by atoms with Crippen LogP contribution in [0.15, 0.2) is 21.1 Å². The number of thioether (sulfide) groups is 1. The molecule has 1 amide bonds. The molecule has 1 unspecified atom stereocenters. The number of hydrogen-bond acceptors (Lipinski definition) is 3. The van der Waals surface area contributed by atoms with E-state index in [1.165, 1.54) is 11.8 Å². The first-order chi connectivity index (χ1) is 8.40. The van der Waals surface area contributed by atoms with Gasteiger partial charge >= 0.3 is 0 Å². The summed E-state index contributed by atoms with van der Waals surface area (Å²) in [6.07, 6.45) is 0. The largest absolute Gasteiger partial charge is 0.327 e. The zero-order chi connectivity index (χ0) is 13.7. The summed E-state index contributed by atoms with van der Waals surface area (Å²) >= 11 is 8.43. The van der Waals surface area contributed by atoms with Gasteiger partial charge in [0.25, 0.3) is 0 Å². The van der Waals surface area contributed by atoms with Crippen LogP contribution in [0.4, 0.5) is 5.69 Å². The molecule has 0 spiro atoms. The molecule has 0 aliphatic carbocycles. The molecular formula is C12H16Br2N2OS. The smallest absolute Gasteiger partial charge is 0.234 e. The van der Waals surface area contributed by atoms with Gasteiger partial charge < -0.3 is 11.1 Å². The number of rotatable bonds is 5. The molecule has 0 saturated heterocycles. The topological polar surface area (TPSA) is 55.1 Å². The zero-order valence-corrected chi connectivity index (χ0v) is 14.3. The van der Waals surface area contributed by atoms with E-state index in [9.17, 15) is 4.79 Å². The fourth-order valence-corrected chi connectivity index (χ4v) is 3.69. The molecule has 6 heteroatoms. The lowest BCUT2D eigenvalue weighted by Gasteiger charge is -2.11. The zero-order valence-electron chi connectivity index (χ0n) is 10.3. The van der Waals surface area contributed by atoms with Crippen LogP contribution in [0.1, 0.15) is 12.5 Å². The molecule has 1 atom stereocenters. The maximum absolute atomic E-state index is 11.8. The van der Waals surface area contributed by atoms with Gasteiger partial charge in [-0.3, -0.25) is 4.79 Å². The molecule has 18 heavy (non-hydrogen) atoms. The van der Waals surface area contributed by atoms with E-state index >= 15 is 0 Å². The van der Waals surface area contributed by atoms with Crippen molar-refractivity contribution in [1.82, 2.24) is 0 Å². The van der Waals surface area contributed by atoms with Crippen molar-refractivity contribution in [3.63, 3.8) is 0 Å². The van der Waals surface area contributed by atoms with E-state index in [2.05, 4.69) is 37.2 Å². The quantitative estimate of drug-likeness (QED) is 0.801. The molecule has 0 heterocycles. The van der Waals surface area contributed by atoms with E-state index < -0.39 is 0 Å². The van der Waals surface area contributed by atoms with Gasteiger partial charge in [0.15, 0.2) is 0 Å². The van der Waals surface area contributed by atoms with Gasteiger partial charge in [0.05, 0.1) is 11.4 Å². The molecule has 0 radical (unpaired) electrons. The first kappa shape index (κ1) is 16.0. The van der Waals surface area contributed by atoms with Crippen molar-refractivity contribution in [2.24, 2.45) is 5.73 Å². The van der Waals surface area contributed by atoms with E-state index in [0.717, 1.165) is 25.9 Å². The Morgan fingerprint density at radius 1 is 1.44 bits per heavy atom. The number of halogens is 2. The second-order valence-corrected chi connectivity index (χ2v) is 6.88. The molecule has 0 aliphatic heterocycles. The van der Waals surface area contributed by atoms with E-state index in [1.54, 1.807) is 0 Å². The summed E-state index contributed by atoms with van der Waals surface area (Å²) in [6, 6.07) is 4.05. The number of nitrogens with one attached hydrogen (secondary N) is 1. The highest BCUT2D eigenvalue weighted by Gasteiger charge is 2.10. The van der Waals surface area contributed by atoms with Crippen molar-refractivity contribution < 1.29 is 4.79 Å². The SMILES string of the molecule is Cc1cc(Br)c(NC(=O)CSCC(C)N)c(Br)c1. The lowest BCUT2D eigenvalue weighted by atomic mass is 10.2. The number of carbonyl (C=O) groups is 1. The summed E-state index contributed by atoms with van der Waals surface area (Å²) in [6.45, 7) is 3.93. The second-order valence-electron chi connectivity index (χ2n) is 4.14. The van der Waals surface area contributed by atoms with Crippen LogP contribution in [-0.2, 0) is 4.79 Å². The summed E-state index contributed by atoms with van der Waals surface area (Å²) in [4.78, 5) is 11.8. The van der Waals surface area contributed by atoms with Crippen LogP contribution in [0.2, 0.25) is 0 Å². The van der Waals surface area contributed by atoms with Crippen LogP contribution < -0.4 is 11.1 Å². The Kier molecular flexibility index (Phi) is 6.70. The molecule has 0 aromatic heterocycles. The Labute approximate surface area is 129 Å². The number of amides is 1. The lowest BCUT2D eigenvalue weighted by Crippen LogP contribution is -2.20. The van der Waals surface area contributed by atoms with Gasteiger partial charge in [-0.05, 0) is 63.4 Å². The Morgan fingerprint density at radius 2 is 2.00 bits per heavy atom. The molecule has 0 saturated carbocycles. The normalized spacial score (nSPS) is 12.3. The predicted octanol–water partition coefficient (Wildman–Crippen LogP) is 3.54. The van der Waals surface area contributed by atoms with E-state index in [-0.39, 0.29) is 11.9 Å². The summed E-state index contributed by atoms with van der Waals surface area (Å²) in [7, 11) is 0. The van der Waals surface area contributed by atoms with Crippen LogP contribution >= 0.6 is 43.6 Å². The van der Waals surface area contributed by atoms with Gasteiger partial charge in [0.2, 0.25) is 5.91 Å². The Morgan fingerprint density at radius 3 is 2.50 bits per heavy atom. The number of carbonyl (C=O) groups excluding carboxylic acids is 1. The van der Waals surface area contributed by atoms with Crippen molar-refractivity contribution in [2.75, 3.05) is 16.8 Å². The minimum absolute atomic E-state index is 0.0223. The highest BCUT2D eigenvalue weighted by atomic mass is 79.9. The molecule has 1 aromatic carbocycles. The molecule has 1 rings (SSSR count). The molecule has 3 nitrogen and oxygen atoms in total. The van der Waals surface area contributed by atoms with Crippen molar-refractivity contribution in [2.45, 2.75) is 19.9 Å². The van der Waals surface area contributed by atoms with E-state index in [1.807, 2.05) is 26.0 Å².